The second-order valence-corrected chi connectivity index (χ2v) is 9.20. The Labute approximate surface area is 197 Å². The van der Waals surface area contributed by atoms with Gasteiger partial charge < -0.3 is 10.4 Å². The zero-order valence-corrected chi connectivity index (χ0v) is 20.2. The third kappa shape index (κ3) is 6.09. The monoisotopic (exact) mass is 464 g/mol. The number of anilines is 1. The zero-order valence-electron chi connectivity index (χ0n) is 19.4. The van der Waals surface area contributed by atoms with E-state index in [9.17, 15) is 9.90 Å². The molecule has 0 aliphatic heterocycles. The lowest BCUT2D eigenvalue weighted by Gasteiger charge is -2.15. The predicted octanol–water partition coefficient (Wildman–Crippen LogP) is 5.13. The van der Waals surface area contributed by atoms with Gasteiger partial charge in [0.05, 0.1) is 15.9 Å². The molecule has 0 unspecified atom stereocenters. The number of rotatable bonds is 7. The summed E-state index contributed by atoms with van der Waals surface area (Å²) in [5.74, 6) is 0.338. The van der Waals surface area contributed by atoms with Crippen LogP contribution in [0.2, 0.25) is 0 Å². The van der Waals surface area contributed by atoms with Gasteiger partial charge in [-0.25, -0.2) is 19.7 Å². The van der Waals surface area contributed by atoms with Crippen LogP contribution in [0, 0.1) is 0 Å². The third-order valence-electron chi connectivity index (χ3n) is 4.53. The summed E-state index contributed by atoms with van der Waals surface area (Å²) in [4.78, 5) is 29.7. The highest BCUT2D eigenvalue weighted by Gasteiger charge is 2.20. The number of allylic oxidation sites excluding steroid dienone is 2. The van der Waals surface area contributed by atoms with Crippen molar-refractivity contribution in [3.8, 4) is 11.1 Å². The van der Waals surface area contributed by atoms with E-state index in [0.717, 1.165) is 27.0 Å². The number of hydrogen-bond donors (Lipinski definition) is 3. The van der Waals surface area contributed by atoms with E-state index >= 15 is 0 Å². The summed E-state index contributed by atoms with van der Waals surface area (Å²) >= 11 is 1.36. The van der Waals surface area contributed by atoms with Gasteiger partial charge >= 0.3 is 6.03 Å². The summed E-state index contributed by atoms with van der Waals surface area (Å²) in [5.41, 5.74) is 3.66. The van der Waals surface area contributed by atoms with E-state index in [-0.39, 0.29) is 6.03 Å². The summed E-state index contributed by atoms with van der Waals surface area (Å²) in [6, 6.07) is 3.56. The van der Waals surface area contributed by atoms with Crippen LogP contribution in [0.4, 0.5) is 9.93 Å². The van der Waals surface area contributed by atoms with Gasteiger partial charge in [-0.15, -0.1) is 0 Å². The number of hydrogen-bond acceptors (Lipinski definition) is 7. The number of fused-ring (bicyclic) bond motifs is 1. The number of aromatic nitrogens is 3. The average Bonchev–Trinajstić information content (AvgIpc) is 3.14. The van der Waals surface area contributed by atoms with Crippen LogP contribution in [0.3, 0.4) is 0 Å². The minimum absolute atomic E-state index is 0.311. The molecule has 0 radical (unpaired) electrons. The number of carbonyl (C=O) groups excluding carboxylic acids is 1. The van der Waals surface area contributed by atoms with E-state index in [2.05, 4.69) is 37.2 Å². The van der Waals surface area contributed by atoms with Crippen LogP contribution in [0.5, 0.6) is 0 Å². The van der Waals surface area contributed by atoms with Crippen LogP contribution in [-0.2, 0) is 5.60 Å². The van der Waals surface area contributed by atoms with Crippen molar-refractivity contribution in [1.29, 1.82) is 0 Å². The predicted molar refractivity (Wildman–Crippen MR) is 136 cm³/mol. The average molecular weight is 465 g/mol. The van der Waals surface area contributed by atoms with Crippen LogP contribution in [0.15, 0.2) is 47.7 Å². The normalized spacial score (nSPS) is 11.6. The van der Waals surface area contributed by atoms with E-state index in [1.165, 1.54) is 11.3 Å². The van der Waals surface area contributed by atoms with Crippen molar-refractivity contribution < 1.29 is 9.90 Å². The molecule has 0 atom stereocenters. The first-order valence-electron chi connectivity index (χ1n) is 10.5. The molecule has 2 aromatic heterocycles. The number of nitrogens with one attached hydrogen (secondary N) is 2. The molecule has 0 saturated carbocycles. The molecule has 2 amide bonds. The number of amides is 2. The maximum Gasteiger partial charge on any atom is 0.321 e. The lowest BCUT2D eigenvalue weighted by molar-refractivity contribution is 0.0687. The maximum atomic E-state index is 12.0. The van der Waals surface area contributed by atoms with Gasteiger partial charge in [0, 0.05) is 36.3 Å². The number of benzene rings is 1. The van der Waals surface area contributed by atoms with Crippen molar-refractivity contribution in [2.45, 2.75) is 40.2 Å². The van der Waals surface area contributed by atoms with E-state index < -0.39 is 5.60 Å². The Morgan fingerprint density at radius 1 is 1.24 bits per heavy atom. The number of urea groups is 1. The summed E-state index contributed by atoms with van der Waals surface area (Å²) in [6.07, 6.45) is 6.96. The molecule has 2 heterocycles. The molecular weight excluding hydrogens is 436 g/mol. The van der Waals surface area contributed by atoms with Crippen molar-refractivity contribution in [1.82, 2.24) is 20.3 Å². The molecule has 3 aromatic rings. The fourth-order valence-electron chi connectivity index (χ4n) is 2.91. The SMILES string of the molecule is C=C(N=CC=C(C)C)c1cc(-c2cnc(C(C)(C)O)nc2)cc2nc(NC(=O)NCC)sc12. The molecule has 3 rings (SSSR count). The lowest BCUT2D eigenvalue weighted by Crippen LogP contribution is -2.28. The molecule has 0 spiro atoms. The Balaban J connectivity index is 2.09. The van der Waals surface area contributed by atoms with Crippen LogP contribution >= 0.6 is 11.3 Å². The Morgan fingerprint density at radius 3 is 2.55 bits per heavy atom. The summed E-state index contributed by atoms with van der Waals surface area (Å²) in [7, 11) is 0. The number of nitrogens with zero attached hydrogens (tertiary/aromatic N) is 4. The molecule has 0 fully saturated rings. The van der Waals surface area contributed by atoms with Gasteiger partial charge in [-0.2, -0.15) is 0 Å². The molecular formula is C24H28N6O2S. The molecule has 0 aliphatic carbocycles. The molecule has 3 N–H and O–H groups in total. The van der Waals surface area contributed by atoms with E-state index in [4.69, 9.17) is 0 Å². The Hall–Kier alpha value is -3.43. The molecule has 172 valence electrons. The maximum absolute atomic E-state index is 12.0. The third-order valence-corrected chi connectivity index (χ3v) is 5.55. The van der Waals surface area contributed by atoms with Gasteiger partial charge in [0.15, 0.2) is 11.0 Å². The van der Waals surface area contributed by atoms with Crippen LogP contribution < -0.4 is 10.6 Å². The minimum Gasteiger partial charge on any atom is -0.382 e. The topological polar surface area (TPSA) is 112 Å². The molecule has 0 bridgehead atoms. The fraction of sp³-hybridized carbons (Fsp3) is 0.292. The van der Waals surface area contributed by atoms with Crippen molar-refractivity contribution in [3.63, 3.8) is 0 Å². The van der Waals surface area contributed by atoms with Gasteiger partial charge in [-0.1, -0.05) is 23.5 Å². The molecule has 9 heteroatoms. The van der Waals surface area contributed by atoms with E-state index in [1.54, 1.807) is 32.5 Å². The zero-order chi connectivity index (χ0) is 24.2. The molecule has 1 aromatic carbocycles. The largest absolute Gasteiger partial charge is 0.382 e. The highest BCUT2D eigenvalue weighted by atomic mass is 32.1. The van der Waals surface area contributed by atoms with Crippen LogP contribution in [-0.4, -0.2) is 38.8 Å². The number of thiazole rings is 1. The second kappa shape index (κ2) is 10.0. The Morgan fingerprint density at radius 2 is 1.94 bits per heavy atom. The van der Waals surface area contributed by atoms with Crippen molar-refractivity contribution in [2.75, 3.05) is 11.9 Å². The van der Waals surface area contributed by atoms with Crippen molar-refractivity contribution in [3.05, 3.63) is 54.1 Å². The van der Waals surface area contributed by atoms with Crippen molar-refractivity contribution in [2.24, 2.45) is 4.99 Å². The molecule has 33 heavy (non-hydrogen) atoms. The summed E-state index contributed by atoms with van der Waals surface area (Å²) in [6.45, 7) is 13.8. The van der Waals surface area contributed by atoms with Crippen LogP contribution in [0.1, 0.15) is 46.0 Å². The smallest absolute Gasteiger partial charge is 0.321 e. The second-order valence-electron chi connectivity index (χ2n) is 8.20. The van der Waals surface area contributed by atoms with Gasteiger partial charge in [-0.3, -0.25) is 10.3 Å². The Bertz CT molecular complexity index is 1230. The summed E-state index contributed by atoms with van der Waals surface area (Å²) in [5, 5.41) is 16.1. The number of aliphatic imine (C=N–C) groups is 1. The first kappa shape index (κ1) is 24.2. The van der Waals surface area contributed by atoms with Gasteiger partial charge in [0.25, 0.3) is 0 Å². The Kier molecular flexibility index (Phi) is 7.35. The first-order chi connectivity index (χ1) is 15.6. The van der Waals surface area contributed by atoms with E-state index in [1.807, 2.05) is 39.0 Å². The quantitative estimate of drug-likeness (QED) is 0.420. The highest BCUT2D eigenvalue weighted by Crippen LogP contribution is 2.36. The standard InChI is InChI=1S/C24H28N6O2S/c1-7-25-22(31)30-23-29-19-11-16(17-12-27-21(28-13-17)24(5,6)32)10-18(20(19)33-23)15(4)26-9-8-14(2)3/h8-13,32H,4,7H2,1-3,5-6H3,(H2,25,29,30,31). The van der Waals surface area contributed by atoms with Gasteiger partial charge in [0.2, 0.25) is 0 Å². The number of carbonyl (C=O) groups is 1. The van der Waals surface area contributed by atoms with E-state index in [0.29, 0.717) is 28.7 Å². The molecule has 8 nitrogen and oxygen atoms in total. The van der Waals surface area contributed by atoms with Gasteiger partial charge in [0.1, 0.15) is 5.60 Å². The molecule has 0 aliphatic rings. The van der Waals surface area contributed by atoms with Gasteiger partial charge in [-0.05, 0) is 58.4 Å². The van der Waals surface area contributed by atoms with Crippen LogP contribution in [0.25, 0.3) is 27.0 Å². The van der Waals surface area contributed by atoms with Crippen molar-refractivity contribution >= 4 is 44.6 Å². The number of aliphatic hydroxyl groups is 1. The fourth-order valence-corrected chi connectivity index (χ4v) is 3.88. The lowest BCUT2D eigenvalue weighted by atomic mass is 10.0. The minimum atomic E-state index is -1.13. The first-order valence-corrected chi connectivity index (χ1v) is 11.3. The highest BCUT2D eigenvalue weighted by molar-refractivity contribution is 7.22. The molecule has 0 saturated heterocycles. The summed E-state index contributed by atoms with van der Waals surface area (Å²) < 4.78 is 0.860.